The van der Waals surface area contributed by atoms with E-state index in [2.05, 4.69) is 13.8 Å². The normalized spacial score (nSPS) is 47.5. The third-order valence-electron chi connectivity index (χ3n) is 6.37. The van der Waals surface area contributed by atoms with Crippen LogP contribution in [0.15, 0.2) is 0 Å². The molecule has 0 spiro atoms. The molecular formula is C17H24O4. The van der Waals surface area contributed by atoms with E-state index in [-0.39, 0.29) is 41.5 Å². The predicted octanol–water partition coefficient (Wildman–Crippen LogP) is 2.70. The molecule has 1 aliphatic heterocycles. The Bertz CT molecular complexity index is 483. The van der Waals surface area contributed by atoms with E-state index in [4.69, 9.17) is 9.47 Å². The highest BCUT2D eigenvalue weighted by molar-refractivity contribution is 5.82. The van der Waals surface area contributed by atoms with Crippen molar-refractivity contribution in [1.29, 1.82) is 0 Å². The maximum atomic E-state index is 12.1. The van der Waals surface area contributed by atoms with Gasteiger partial charge in [0.1, 0.15) is 5.78 Å². The number of hydrogen-bond donors (Lipinski definition) is 0. The Hall–Kier alpha value is -0.900. The summed E-state index contributed by atoms with van der Waals surface area (Å²) in [5, 5.41) is 0. The van der Waals surface area contributed by atoms with Crippen LogP contribution in [0.4, 0.5) is 0 Å². The standard InChI is InChI=1S/C17H24O4/c1-17(2)13-14(17)16(21-15(13)19)20-12-8-4-5-9-10(12)6-3-7-11(9)18/h9-10,12-14,16H,3-8H2,1-2H3/t9-,10+,12-,13-,14+,16+/m0/s1. The second-order valence-electron chi connectivity index (χ2n) is 7.86. The fraction of sp³-hybridized carbons (Fsp3) is 0.882. The van der Waals surface area contributed by atoms with Crippen molar-refractivity contribution in [2.45, 2.75) is 64.8 Å². The van der Waals surface area contributed by atoms with Crippen LogP contribution in [0.25, 0.3) is 0 Å². The average molecular weight is 292 g/mol. The molecule has 4 heteroatoms. The van der Waals surface area contributed by atoms with Gasteiger partial charge in [-0.25, -0.2) is 0 Å². The number of ether oxygens (including phenoxy) is 2. The first-order valence-corrected chi connectivity index (χ1v) is 8.39. The van der Waals surface area contributed by atoms with Gasteiger partial charge in [-0.3, -0.25) is 9.59 Å². The van der Waals surface area contributed by atoms with Crippen LogP contribution in [0.3, 0.4) is 0 Å². The minimum Gasteiger partial charge on any atom is -0.435 e. The van der Waals surface area contributed by atoms with E-state index < -0.39 is 0 Å². The number of ketones is 1. The van der Waals surface area contributed by atoms with E-state index in [0.29, 0.717) is 11.7 Å². The Kier molecular flexibility index (Phi) is 2.97. The van der Waals surface area contributed by atoms with Crippen molar-refractivity contribution in [3.63, 3.8) is 0 Å². The first-order chi connectivity index (χ1) is 10.00. The van der Waals surface area contributed by atoms with Crippen LogP contribution >= 0.6 is 0 Å². The van der Waals surface area contributed by atoms with Gasteiger partial charge in [-0.05, 0) is 37.0 Å². The Morgan fingerprint density at radius 3 is 2.67 bits per heavy atom. The summed E-state index contributed by atoms with van der Waals surface area (Å²) in [5.74, 6) is 1.10. The van der Waals surface area contributed by atoms with Crippen molar-refractivity contribution in [3.05, 3.63) is 0 Å². The maximum Gasteiger partial charge on any atom is 0.312 e. The highest BCUT2D eigenvalue weighted by Crippen LogP contribution is 2.65. The summed E-state index contributed by atoms with van der Waals surface area (Å²) in [6.45, 7) is 4.24. The largest absolute Gasteiger partial charge is 0.435 e. The molecule has 0 radical (unpaired) electrons. The summed E-state index contributed by atoms with van der Waals surface area (Å²) >= 11 is 0. The summed E-state index contributed by atoms with van der Waals surface area (Å²) in [6.07, 6.45) is 5.60. The van der Waals surface area contributed by atoms with Gasteiger partial charge in [-0.2, -0.15) is 0 Å². The van der Waals surface area contributed by atoms with Crippen LogP contribution in [0.5, 0.6) is 0 Å². The zero-order valence-electron chi connectivity index (χ0n) is 12.8. The van der Waals surface area contributed by atoms with Crippen molar-refractivity contribution < 1.29 is 19.1 Å². The second kappa shape index (κ2) is 4.55. The lowest BCUT2D eigenvalue weighted by atomic mass is 9.69. The van der Waals surface area contributed by atoms with Crippen molar-refractivity contribution >= 4 is 11.8 Å². The van der Waals surface area contributed by atoms with Gasteiger partial charge in [0.25, 0.3) is 0 Å². The number of carbonyl (C=O) groups excluding carboxylic acids is 2. The SMILES string of the molecule is CC1(C)[C@H]2[C@H](O[C@H]3CCC[C@@H]4C(=O)CCC[C@@H]34)OC(=O)[C@H]21. The number of hydrogen-bond acceptors (Lipinski definition) is 4. The van der Waals surface area contributed by atoms with Crippen molar-refractivity contribution in [1.82, 2.24) is 0 Å². The molecule has 3 aliphatic carbocycles. The molecule has 4 fully saturated rings. The Morgan fingerprint density at radius 1 is 1.14 bits per heavy atom. The summed E-state index contributed by atoms with van der Waals surface area (Å²) in [6, 6.07) is 0. The quantitative estimate of drug-likeness (QED) is 0.734. The van der Waals surface area contributed by atoms with Gasteiger partial charge >= 0.3 is 5.97 Å². The molecule has 1 saturated heterocycles. The van der Waals surface area contributed by atoms with Crippen LogP contribution in [0.1, 0.15) is 52.4 Å². The van der Waals surface area contributed by atoms with Gasteiger partial charge in [0, 0.05) is 18.3 Å². The molecule has 1 heterocycles. The second-order valence-corrected chi connectivity index (χ2v) is 7.86. The molecule has 4 aliphatic rings. The highest BCUT2D eigenvalue weighted by Gasteiger charge is 2.72. The van der Waals surface area contributed by atoms with Crippen LogP contribution < -0.4 is 0 Å². The number of fused-ring (bicyclic) bond motifs is 2. The van der Waals surface area contributed by atoms with Gasteiger partial charge in [0.05, 0.1) is 12.0 Å². The molecule has 4 rings (SSSR count). The van der Waals surface area contributed by atoms with Gasteiger partial charge in [-0.1, -0.05) is 20.3 Å². The van der Waals surface area contributed by atoms with Crippen LogP contribution in [0, 0.1) is 29.1 Å². The Morgan fingerprint density at radius 2 is 1.95 bits per heavy atom. The third kappa shape index (κ3) is 1.98. The summed E-state index contributed by atoms with van der Waals surface area (Å²) in [7, 11) is 0. The molecule has 0 aromatic heterocycles. The zero-order valence-corrected chi connectivity index (χ0v) is 12.8. The molecule has 0 bridgehead atoms. The summed E-state index contributed by atoms with van der Waals surface area (Å²) in [4.78, 5) is 24.0. The van der Waals surface area contributed by atoms with Gasteiger partial charge < -0.3 is 9.47 Å². The highest BCUT2D eigenvalue weighted by atomic mass is 16.7. The molecule has 0 aromatic carbocycles. The van der Waals surface area contributed by atoms with Crippen LogP contribution in [-0.2, 0) is 19.1 Å². The third-order valence-corrected chi connectivity index (χ3v) is 6.37. The molecule has 0 N–H and O–H groups in total. The average Bonchev–Trinajstić information content (AvgIpc) is 2.83. The Balaban J connectivity index is 1.47. The van der Waals surface area contributed by atoms with Gasteiger partial charge in [0.15, 0.2) is 0 Å². The lowest BCUT2D eigenvalue weighted by molar-refractivity contribution is -0.202. The fourth-order valence-corrected chi connectivity index (χ4v) is 5.06. The zero-order chi connectivity index (χ0) is 14.8. The summed E-state index contributed by atoms with van der Waals surface area (Å²) in [5.41, 5.74) is 0.0243. The predicted molar refractivity (Wildman–Crippen MR) is 75.2 cm³/mol. The van der Waals surface area contributed by atoms with E-state index in [0.717, 1.165) is 38.5 Å². The van der Waals surface area contributed by atoms with Crippen LogP contribution in [0.2, 0.25) is 0 Å². The van der Waals surface area contributed by atoms with E-state index >= 15 is 0 Å². The smallest absolute Gasteiger partial charge is 0.312 e. The maximum absolute atomic E-state index is 12.1. The van der Waals surface area contributed by atoms with Crippen molar-refractivity contribution in [2.24, 2.45) is 29.1 Å². The molecule has 3 saturated carbocycles. The lowest BCUT2D eigenvalue weighted by Crippen LogP contribution is -2.43. The first kappa shape index (κ1) is 13.7. The first-order valence-electron chi connectivity index (χ1n) is 8.39. The van der Waals surface area contributed by atoms with Crippen molar-refractivity contribution in [2.75, 3.05) is 0 Å². The number of cyclic esters (lactones) is 1. The minimum atomic E-state index is -0.377. The molecule has 6 atom stereocenters. The van der Waals surface area contributed by atoms with Gasteiger partial charge in [-0.15, -0.1) is 0 Å². The number of Topliss-reactive ketones (excluding diaryl/α,β-unsaturated/α-hetero) is 1. The Labute approximate surface area is 125 Å². The molecular weight excluding hydrogens is 268 g/mol. The molecule has 116 valence electrons. The molecule has 21 heavy (non-hydrogen) atoms. The molecule has 0 aromatic rings. The van der Waals surface area contributed by atoms with E-state index in [9.17, 15) is 9.59 Å². The van der Waals surface area contributed by atoms with Gasteiger partial charge in [0.2, 0.25) is 6.29 Å². The van der Waals surface area contributed by atoms with E-state index in [1.54, 1.807) is 0 Å². The van der Waals surface area contributed by atoms with E-state index in [1.165, 1.54) is 0 Å². The minimum absolute atomic E-state index is 0.0230. The topological polar surface area (TPSA) is 52.6 Å². The number of esters is 1. The number of carbonyl (C=O) groups is 2. The molecule has 0 unspecified atom stereocenters. The molecule has 4 nitrogen and oxygen atoms in total. The van der Waals surface area contributed by atoms with Crippen molar-refractivity contribution in [3.8, 4) is 0 Å². The molecule has 0 amide bonds. The van der Waals surface area contributed by atoms with Crippen LogP contribution in [-0.4, -0.2) is 24.1 Å². The summed E-state index contributed by atoms with van der Waals surface area (Å²) < 4.78 is 11.7. The fourth-order valence-electron chi connectivity index (χ4n) is 5.06. The lowest BCUT2D eigenvalue weighted by Gasteiger charge is -2.41. The van der Waals surface area contributed by atoms with E-state index in [1.807, 2.05) is 0 Å². The monoisotopic (exact) mass is 292 g/mol. The number of rotatable bonds is 2.